The van der Waals surface area contributed by atoms with Gasteiger partial charge in [-0.1, -0.05) is 12.1 Å². The van der Waals surface area contributed by atoms with E-state index in [1.165, 1.54) is 6.07 Å². The number of ether oxygens (including phenoxy) is 1. The van der Waals surface area contributed by atoms with Gasteiger partial charge in [0.15, 0.2) is 0 Å². The summed E-state index contributed by atoms with van der Waals surface area (Å²) < 4.78 is 4.59. The maximum Gasteiger partial charge on any atom is 0.343 e. The number of hydrogen-bond donors (Lipinski definition) is 4. The number of primary amides is 1. The molecule has 0 aliphatic rings. The number of fused-ring (bicyclic) bond motifs is 1. The number of aryl methyl sites for hydroxylation is 1. The summed E-state index contributed by atoms with van der Waals surface area (Å²) in [6.07, 6.45) is 0.573. The van der Waals surface area contributed by atoms with Crippen molar-refractivity contribution >= 4 is 22.8 Å². The van der Waals surface area contributed by atoms with Crippen molar-refractivity contribution in [2.24, 2.45) is 5.73 Å². The second-order valence-corrected chi connectivity index (χ2v) is 6.65. The number of aromatic amines is 2. The molecule has 3 rings (SSSR count). The zero-order valence-electron chi connectivity index (χ0n) is 15.7. The molecule has 1 atom stereocenters. The molecule has 5 N–H and O–H groups in total. The van der Waals surface area contributed by atoms with Crippen molar-refractivity contribution in [1.82, 2.24) is 9.97 Å². The van der Waals surface area contributed by atoms with Gasteiger partial charge in [0.1, 0.15) is 11.3 Å². The maximum atomic E-state index is 12.7. The van der Waals surface area contributed by atoms with Crippen LogP contribution in [0.2, 0.25) is 0 Å². The van der Waals surface area contributed by atoms with Crippen molar-refractivity contribution in [3.63, 3.8) is 0 Å². The lowest BCUT2D eigenvalue weighted by Crippen LogP contribution is -2.27. The Balaban J connectivity index is 2.30. The number of nitrogens with one attached hydrogen (secondary N) is 2. The third kappa shape index (κ3) is 3.75. The molecule has 1 amide bonds. The fraction of sp³-hybridized carbons (Fsp3) is 0.200. The van der Waals surface area contributed by atoms with Crippen LogP contribution in [-0.4, -0.2) is 34.1 Å². The third-order valence-corrected chi connectivity index (χ3v) is 4.67. The minimum absolute atomic E-state index is 0.0583. The van der Waals surface area contributed by atoms with Crippen LogP contribution in [0.15, 0.2) is 40.1 Å². The Kier molecular flexibility index (Phi) is 5.22. The monoisotopic (exact) mass is 397 g/mol. The summed E-state index contributed by atoms with van der Waals surface area (Å²) in [6, 6.07) is 6.94. The zero-order valence-corrected chi connectivity index (χ0v) is 15.7. The summed E-state index contributed by atoms with van der Waals surface area (Å²) in [4.78, 5) is 53.9. The number of amides is 1. The molecule has 0 saturated carbocycles. The normalized spacial score (nSPS) is 11.9. The van der Waals surface area contributed by atoms with Crippen molar-refractivity contribution < 1.29 is 19.4 Å². The molecule has 9 heteroatoms. The number of carbonyl (C=O) groups is 2. The van der Waals surface area contributed by atoms with Gasteiger partial charge in [-0.25, -0.2) is 4.79 Å². The van der Waals surface area contributed by atoms with Crippen LogP contribution in [0.3, 0.4) is 0 Å². The molecule has 9 nitrogen and oxygen atoms in total. The van der Waals surface area contributed by atoms with E-state index in [4.69, 9.17) is 5.73 Å². The highest BCUT2D eigenvalue weighted by Crippen LogP contribution is 2.32. The SMILES string of the molecule is COC(=O)c1c[nH]c(=O)c([C@H](CC(N)=O)c2cc3ccc(C)cc3[nH]c2=O)c1O. The van der Waals surface area contributed by atoms with E-state index in [1.54, 1.807) is 12.1 Å². The molecule has 0 radical (unpaired) electrons. The average molecular weight is 397 g/mol. The molecule has 0 spiro atoms. The fourth-order valence-electron chi connectivity index (χ4n) is 3.28. The summed E-state index contributed by atoms with van der Waals surface area (Å²) in [7, 11) is 1.11. The standard InChI is InChI=1S/C20H19N3O6/c1-9-3-4-10-6-12(18(26)23-14(10)5-9)11(7-15(21)24)16-17(25)13(20(28)29-2)8-22-19(16)27/h3-6,8,11H,7H2,1-2H3,(H2,21,24)(H,23,26)(H2,22,25,27)/t11-/m1/s1. The zero-order chi connectivity index (χ0) is 21.3. The van der Waals surface area contributed by atoms with Crippen LogP contribution in [0.4, 0.5) is 0 Å². The molecular formula is C20H19N3O6. The van der Waals surface area contributed by atoms with E-state index in [2.05, 4.69) is 14.7 Å². The van der Waals surface area contributed by atoms with Crippen LogP contribution in [0.25, 0.3) is 10.9 Å². The van der Waals surface area contributed by atoms with Gasteiger partial charge in [0.2, 0.25) is 5.91 Å². The van der Waals surface area contributed by atoms with Gasteiger partial charge < -0.3 is 25.5 Å². The molecule has 0 unspecified atom stereocenters. The predicted molar refractivity (Wildman–Crippen MR) is 105 cm³/mol. The van der Waals surface area contributed by atoms with E-state index in [9.17, 15) is 24.3 Å². The van der Waals surface area contributed by atoms with E-state index in [0.717, 1.165) is 18.9 Å². The number of pyridine rings is 2. The van der Waals surface area contributed by atoms with Crippen LogP contribution in [-0.2, 0) is 9.53 Å². The van der Waals surface area contributed by atoms with Gasteiger partial charge in [-0.15, -0.1) is 0 Å². The van der Waals surface area contributed by atoms with E-state index in [-0.39, 0.29) is 16.7 Å². The van der Waals surface area contributed by atoms with Gasteiger partial charge in [0, 0.05) is 29.6 Å². The van der Waals surface area contributed by atoms with Gasteiger partial charge in [0.05, 0.1) is 12.7 Å². The van der Waals surface area contributed by atoms with Gasteiger partial charge in [-0.3, -0.25) is 14.4 Å². The van der Waals surface area contributed by atoms with E-state index >= 15 is 0 Å². The predicted octanol–water partition coefficient (Wildman–Crippen LogP) is 1.02. The highest BCUT2D eigenvalue weighted by Gasteiger charge is 2.29. The lowest BCUT2D eigenvalue weighted by Gasteiger charge is -2.18. The van der Waals surface area contributed by atoms with E-state index in [0.29, 0.717) is 10.9 Å². The Bertz CT molecular complexity index is 1240. The summed E-state index contributed by atoms with van der Waals surface area (Å²) in [6.45, 7) is 1.87. The fourth-order valence-corrected chi connectivity index (χ4v) is 3.28. The molecule has 0 aliphatic carbocycles. The van der Waals surface area contributed by atoms with Crippen molar-refractivity contribution in [3.8, 4) is 5.75 Å². The first kappa shape index (κ1) is 19.9. The van der Waals surface area contributed by atoms with Crippen LogP contribution >= 0.6 is 0 Å². The molecular weight excluding hydrogens is 378 g/mol. The Morgan fingerprint density at radius 2 is 1.93 bits per heavy atom. The Morgan fingerprint density at radius 3 is 2.59 bits per heavy atom. The summed E-state index contributed by atoms with van der Waals surface area (Å²) in [5, 5.41) is 11.2. The van der Waals surface area contributed by atoms with Crippen molar-refractivity contribution in [1.29, 1.82) is 0 Å². The van der Waals surface area contributed by atoms with Gasteiger partial charge in [-0.2, -0.15) is 0 Å². The molecule has 29 heavy (non-hydrogen) atoms. The van der Waals surface area contributed by atoms with Crippen molar-refractivity contribution in [3.05, 3.63) is 73.4 Å². The first-order valence-electron chi connectivity index (χ1n) is 8.67. The van der Waals surface area contributed by atoms with Gasteiger partial charge >= 0.3 is 5.97 Å². The molecule has 2 heterocycles. The number of aromatic nitrogens is 2. The molecule has 1 aromatic carbocycles. The Hall–Kier alpha value is -3.88. The molecule has 0 bridgehead atoms. The number of methoxy groups -OCH3 is 1. The number of carbonyl (C=O) groups excluding carboxylic acids is 2. The maximum absolute atomic E-state index is 12.7. The minimum Gasteiger partial charge on any atom is -0.506 e. The highest BCUT2D eigenvalue weighted by molar-refractivity contribution is 5.92. The lowest BCUT2D eigenvalue weighted by molar-refractivity contribution is -0.118. The molecule has 0 saturated heterocycles. The van der Waals surface area contributed by atoms with Crippen LogP contribution in [0.1, 0.15) is 39.4 Å². The smallest absolute Gasteiger partial charge is 0.343 e. The van der Waals surface area contributed by atoms with Gasteiger partial charge in [0.25, 0.3) is 11.1 Å². The van der Waals surface area contributed by atoms with Crippen LogP contribution in [0.5, 0.6) is 5.75 Å². The average Bonchev–Trinajstić information content (AvgIpc) is 2.66. The van der Waals surface area contributed by atoms with E-state index < -0.39 is 41.1 Å². The number of aromatic hydroxyl groups is 1. The number of nitrogens with two attached hydrogens (primary N) is 1. The second-order valence-electron chi connectivity index (χ2n) is 6.65. The number of esters is 1. The molecule has 0 fully saturated rings. The Morgan fingerprint density at radius 1 is 1.21 bits per heavy atom. The molecule has 150 valence electrons. The topological polar surface area (TPSA) is 155 Å². The number of benzene rings is 1. The largest absolute Gasteiger partial charge is 0.506 e. The first-order valence-corrected chi connectivity index (χ1v) is 8.67. The quantitative estimate of drug-likeness (QED) is 0.471. The number of hydrogen-bond acceptors (Lipinski definition) is 6. The summed E-state index contributed by atoms with van der Waals surface area (Å²) >= 11 is 0. The summed E-state index contributed by atoms with van der Waals surface area (Å²) in [5.74, 6) is -3.52. The van der Waals surface area contributed by atoms with Gasteiger partial charge in [-0.05, 0) is 30.0 Å². The van der Waals surface area contributed by atoms with Crippen LogP contribution in [0, 0.1) is 6.92 Å². The van der Waals surface area contributed by atoms with Crippen molar-refractivity contribution in [2.45, 2.75) is 19.3 Å². The molecule has 2 aromatic heterocycles. The highest BCUT2D eigenvalue weighted by atomic mass is 16.5. The number of H-pyrrole nitrogens is 2. The second kappa shape index (κ2) is 7.63. The lowest BCUT2D eigenvalue weighted by atomic mass is 9.87. The van der Waals surface area contributed by atoms with Crippen LogP contribution < -0.4 is 16.9 Å². The minimum atomic E-state index is -1.17. The molecule has 0 aliphatic heterocycles. The Labute approximate surface area is 164 Å². The third-order valence-electron chi connectivity index (χ3n) is 4.67. The number of rotatable bonds is 5. The molecule has 3 aromatic rings. The van der Waals surface area contributed by atoms with Crippen molar-refractivity contribution in [2.75, 3.05) is 7.11 Å². The van der Waals surface area contributed by atoms with E-state index in [1.807, 2.05) is 13.0 Å². The first-order chi connectivity index (χ1) is 13.7. The summed E-state index contributed by atoms with van der Waals surface area (Å²) in [5.41, 5.74) is 5.00.